The van der Waals surface area contributed by atoms with Gasteiger partial charge in [-0.2, -0.15) is 0 Å². The first-order chi connectivity index (χ1) is 15.5. The molecule has 0 unspecified atom stereocenters. The summed E-state index contributed by atoms with van der Waals surface area (Å²) < 4.78 is 11.9. The number of nitrogens with zero attached hydrogens (tertiary/aromatic N) is 1. The first-order valence-corrected chi connectivity index (χ1v) is 11.5. The van der Waals surface area contributed by atoms with Gasteiger partial charge in [-0.1, -0.05) is 77.5 Å². The zero-order valence-corrected chi connectivity index (χ0v) is 20.0. The molecule has 0 radical (unpaired) electrons. The number of carbonyl (C=O) groups is 1. The fourth-order valence-electron chi connectivity index (χ4n) is 3.11. The number of thiocarbonyl (C=S) groups is 1. The van der Waals surface area contributed by atoms with Gasteiger partial charge in [0.1, 0.15) is 6.61 Å². The van der Waals surface area contributed by atoms with Crippen molar-refractivity contribution in [3.05, 3.63) is 92.8 Å². The van der Waals surface area contributed by atoms with Crippen molar-refractivity contribution in [3.8, 4) is 11.5 Å². The van der Waals surface area contributed by atoms with Crippen molar-refractivity contribution < 1.29 is 14.3 Å². The Kier molecular flexibility index (Phi) is 7.06. The molecule has 0 bridgehead atoms. The lowest BCUT2D eigenvalue weighted by Crippen LogP contribution is -2.27. The van der Waals surface area contributed by atoms with Crippen molar-refractivity contribution in [3.63, 3.8) is 0 Å². The van der Waals surface area contributed by atoms with E-state index in [1.165, 1.54) is 16.7 Å². The Morgan fingerprint density at radius 2 is 1.81 bits per heavy atom. The standard InChI is InChI=1S/C24H17Cl2NO3S2/c1-29-21-11-15(7-10-20(21)30-14-16-8-9-17(25)13-19(16)26)12-22-23(28)27(24(31)32-22)18-5-3-2-4-6-18/h2-13H,14H2,1H3. The number of para-hydroxylation sites is 1. The van der Waals surface area contributed by atoms with Crippen molar-refractivity contribution in [1.82, 2.24) is 0 Å². The number of methoxy groups -OCH3 is 1. The summed E-state index contributed by atoms with van der Waals surface area (Å²) in [5.74, 6) is 0.956. The molecule has 3 aromatic rings. The van der Waals surface area contributed by atoms with Crippen molar-refractivity contribution in [2.45, 2.75) is 6.61 Å². The van der Waals surface area contributed by atoms with Crippen LogP contribution in [0.25, 0.3) is 6.08 Å². The molecular formula is C24H17Cl2NO3S2. The summed E-state index contributed by atoms with van der Waals surface area (Å²) in [5.41, 5.74) is 2.36. The Bertz CT molecular complexity index is 1220. The van der Waals surface area contributed by atoms with Crippen LogP contribution in [0.1, 0.15) is 11.1 Å². The van der Waals surface area contributed by atoms with Crippen molar-refractivity contribution in [2.24, 2.45) is 0 Å². The maximum atomic E-state index is 12.9. The summed E-state index contributed by atoms with van der Waals surface area (Å²) in [4.78, 5) is 15.0. The average molecular weight is 502 g/mol. The van der Waals surface area contributed by atoms with Gasteiger partial charge >= 0.3 is 0 Å². The Hall–Kier alpha value is -2.51. The largest absolute Gasteiger partial charge is 0.493 e. The van der Waals surface area contributed by atoms with Crippen LogP contribution >= 0.6 is 47.2 Å². The quantitative estimate of drug-likeness (QED) is 0.269. The first kappa shape index (κ1) is 22.7. The van der Waals surface area contributed by atoms with Crippen LogP contribution in [0.5, 0.6) is 11.5 Å². The van der Waals surface area contributed by atoms with Gasteiger partial charge in [-0.15, -0.1) is 0 Å². The predicted molar refractivity (Wildman–Crippen MR) is 136 cm³/mol. The molecule has 1 heterocycles. The third kappa shape index (κ3) is 4.94. The van der Waals surface area contributed by atoms with Gasteiger partial charge in [0.25, 0.3) is 5.91 Å². The molecule has 4 nitrogen and oxygen atoms in total. The molecule has 0 atom stereocenters. The molecule has 0 aliphatic carbocycles. The van der Waals surface area contributed by atoms with E-state index in [1.54, 1.807) is 31.4 Å². The number of anilines is 1. The van der Waals surface area contributed by atoms with Crippen LogP contribution in [0, 0.1) is 0 Å². The minimum Gasteiger partial charge on any atom is -0.493 e. The third-order valence-corrected chi connectivity index (χ3v) is 6.58. The lowest BCUT2D eigenvalue weighted by atomic mass is 10.1. The Balaban J connectivity index is 1.53. The van der Waals surface area contributed by atoms with E-state index >= 15 is 0 Å². The van der Waals surface area contributed by atoms with Gasteiger partial charge in [-0.05, 0) is 48.0 Å². The second kappa shape index (κ2) is 9.96. The van der Waals surface area contributed by atoms with Crippen molar-refractivity contribution in [1.29, 1.82) is 0 Å². The highest BCUT2D eigenvalue weighted by Crippen LogP contribution is 2.37. The zero-order valence-electron chi connectivity index (χ0n) is 16.9. The molecular weight excluding hydrogens is 485 g/mol. The van der Waals surface area contributed by atoms with E-state index in [-0.39, 0.29) is 12.5 Å². The fraction of sp³-hybridized carbons (Fsp3) is 0.0833. The molecule has 4 rings (SSSR count). The van der Waals surface area contributed by atoms with Crippen LogP contribution in [0.3, 0.4) is 0 Å². The summed E-state index contributed by atoms with van der Waals surface area (Å²) in [7, 11) is 1.57. The van der Waals surface area contributed by atoms with Gasteiger partial charge in [0.15, 0.2) is 15.8 Å². The molecule has 3 aromatic carbocycles. The third-order valence-electron chi connectivity index (χ3n) is 4.69. The smallest absolute Gasteiger partial charge is 0.270 e. The van der Waals surface area contributed by atoms with E-state index in [9.17, 15) is 4.79 Å². The Labute approximate surface area is 205 Å². The Morgan fingerprint density at radius 1 is 1.03 bits per heavy atom. The van der Waals surface area contributed by atoms with E-state index in [4.69, 9.17) is 44.9 Å². The second-order valence-corrected chi connectivity index (χ2v) is 9.31. The number of halogens is 2. The number of hydrogen-bond acceptors (Lipinski definition) is 5. The van der Waals surface area contributed by atoms with Crippen molar-refractivity contribution in [2.75, 3.05) is 12.0 Å². The second-order valence-electron chi connectivity index (χ2n) is 6.79. The maximum Gasteiger partial charge on any atom is 0.270 e. The summed E-state index contributed by atoms with van der Waals surface area (Å²) >= 11 is 18.9. The molecule has 0 spiro atoms. The normalized spacial score (nSPS) is 14.8. The van der Waals surface area contributed by atoms with Crippen LogP contribution in [-0.2, 0) is 11.4 Å². The minimum atomic E-state index is -0.150. The average Bonchev–Trinajstić information content (AvgIpc) is 3.07. The van der Waals surface area contributed by atoms with Crippen molar-refractivity contribution >= 4 is 69.2 Å². The number of rotatable bonds is 6. The van der Waals surface area contributed by atoms with E-state index in [0.717, 1.165) is 16.8 Å². The molecule has 0 aromatic heterocycles. The summed E-state index contributed by atoms with van der Waals surface area (Å²) in [5, 5.41) is 1.10. The molecule has 1 aliphatic heterocycles. The predicted octanol–water partition coefficient (Wildman–Crippen LogP) is 6.99. The molecule has 8 heteroatoms. The highest BCUT2D eigenvalue weighted by molar-refractivity contribution is 8.27. The topological polar surface area (TPSA) is 38.8 Å². The summed E-state index contributed by atoms with van der Waals surface area (Å²) in [6, 6.07) is 20.1. The monoisotopic (exact) mass is 501 g/mol. The first-order valence-electron chi connectivity index (χ1n) is 9.54. The van der Waals surface area contributed by atoms with Crippen LogP contribution in [0.2, 0.25) is 10.0 Å². The number of ether oxygens (including phenoxy) is 2. The van der Waals surface area contributed by atoms with Gasteiger partial charge in [0, 0.05) is 15.6 Å². The van der Waals surface area contributed by atoms with Gasteiger partial charge in [0.2, 0.25) is 0 Å². The molecule has 1 saturated heterocycles. The summed E-state index contributed by atoms with van der Waals surface area (Å²) in [6.07, 6.45) is 1.80. The number of amides is 1. The molecule has 32 heavy (non-hydrogen) atoms. The molecule has 0 N–H and O–H groups in total. The minimum absolute atomic E-state index is 0.150. The van der Waals surface area contributed by atoms with E-state index in [0.29, 0.717) is 30.8 Å². The Morgan fingerprint density at radius 3 is 2.53 bits per heavy atom. The zero-order chi connectivity index (χ0) is 22.7. The van der Waals surface area contributed by atoms with Crippen LogP contribution in [0.4, 0.5) is 5.69 Å². The highest BCUT2D eigenvalue weighted by atomic mass is 35.5. The molecule has 1 amide bonds. The van der Waals surface area contributed by atoms with E-state index < -0.39 is 0 Å². The molecule has 162 valence electrons. The van der Waals surface area contributed by atoms with E-state index in [1.807, 2.05) is 48.5 Å². The number of carbonyl (C=O) groups excluding carboxylic acids is 1. The van der Waals surface area contributed by atoms with Crippen LogP contribution < -0.4 is 14.4 Å². The van der Waals surface area contributed by atoms with Crippen LogP contribution in [0.15, 0.2) is 71.6 Å². The number of hydrogen-bond donors (Lipinski definition) is 0. The molecule has 0 saturated carbocycles. The van der Waals surface area contributed by atoms with E-state index in [2.05, 4.69) is 0 Å². The lowest BCUT2D eigenvalue weighted by molar-refractivity contribution is -0.113. The van der Waals surface area contributed by atoms with Gasteiger partial charge in [-0.3, -0.25) is 9.69 Å². The number of thioether (sulfide) groups is 1. The SMILES string of the molecule is COc1cc(C=C2SC(=S)N(c3ccccc3)C2=O)ccc1OCc1ccc(Cl)cc1Cl. The van der Waals surface area contributed by atoms with Gasteiger partial charge in [-0.25, -0.2) is 0 Å². The maximum absolute atomic E-state index is 12.9. The number of benzene rings is 3. The lowest BCUT2D eigenvalue weighted by Gasteiger charge is -2.14. The summed E-state index contributed by atoms with van der Waals surface area (Å²) in [6.45, 7) is 0.265. The van der Waals surface area contributed by atoms with Crippen LogP contribution in [-0.4, -0.2) is 17.3 Å². The van der Waals surface area contributed by atoms with Gasteiger partial charge in [0.05, 0.1) is 17.7 Å². The fourth-order valence-corrected chi connectivity index (χ4v) is 4.87. The highest BCUT2D eigenvalue weighted by Gasteiger charge is 2.33. The molecule has 1 fully saturated rings. The molecule has 1 aliphatic rings. The van der Waals surface area contributed by atoms with Gasteiger partial charge < -0.3 is 9.47 Å².